The summed E-state index contributed by atoms with van der Waals surface area (Å²) in [4.78, 5) is 14.6. The number of pyridine rings is 1. The van der Waals surface area contributed by atoms with Crippen LogP contribution in [0.3, 0.4) is 0 Å². The highest BCUT2D eigenvalue weighted by atomic mass is 16.6. The van der Waals surface area contributed by atoms with Crippen LogP contribution in [0, 0.1) is 10.1 Å². The van der Waals surface area contributed by atoms with Crippen molar-refractivity contribution in [2.45, 2.75) is 12.5 Å². The Morgan fingerprint density at radius 1 is 1.23 bits per heavy atom. The fraction of sp³-hybridized carbons (Fsp3) is 0.267. The third-order valence-corrected chi connectivity index (χ3v) is 3.29. The van der Waals surface area contributed by atoms with Gasteiger partial charge in [0.25, 0.3) is 5.69 Å². The van der Waals surface area contributed by atoms with Crippen molar-refractivity contribution < 1.29 is 19.5 Å². The maximum absolute atomic E-state index is 11.2. The van der Waals surface area contributed by atoms with Crippen molar-refractivity contribution in [1.82, 2.24) is 4.98 Å². The van der Waals surface area contributed by atoms with E-state index in [9.17, 15) is 15.2 Å². The lowest BCUT2D eigenvalue weighted by Crippen LogP contribution is -2.05. The second kappa shape index (κ2) is 6.86. The monoisotopic (exact) mass is 304 g/mol. The fourth-order valence-electron chi connectivity index (χ4n) is 2.16. The zero-order valence-corrected chi connectivity index (χ0v) is 12.2. The lowest BCUT2D eigenvalue weighted by Gasteiger charge is -2.14. The van der Waals surface area contributed by atoms with Gasteiger partial charge in [-0.05, 0) is 23.8 Å². The van der Waals surface area contributed by atoms with E-state index in [-0.39, 0.29) is 17.9 Å². The third kappa shape index (κ3) is 3.32. The molecule has 0 saturated carbocycles. The van der Waals surface area contributed by atoms with Gasteiger partial charge in [0.15, 0.2) is 11.5 Å². The van der Waals surface area contributed by atoms with E-state index < -0.39 is 11.0 Å². The summed E-state index contributed by atoms with van der Waals surface area (Å²) in [6, 6.07) is 6.14. The molecule has 1 N–H and O–H groups in total. The number of ether oxygens (including phenoxy) is 2. The van der Waals surface area contributed by atoms with Crippen LogP contribution in [0.4, 0.5) is 5.69 Å². The molecule has 0 fully saturated rings. The van der Waals surface area contributed by atoms with Gasteiger partial charge in [-0.2, -0.15) is 0 Å². The minimum absolute atomic E-state index is 0.0840. The number of benzene rings is 1. The molecule has 0 saturated heterocycles. The summed E-state index contributed by atoms with van der Waals surface area (Å²) in [7, 11) is 2.86. The molecule has 2 rings (SSSR count). The van der Waals surface area contributed by atoms with Crippen molar-refractivity contribution >= 4 is 5.69 Å². The highest BCUT2D eigenvalue weighted by Crippen LogP contribution is 2.36. The summed E-state index contributed by atoms with van der Waals surface area (Å²) >= 11 is 0. The predicted octanol–water partition coefficient (Wildman–Crippen LogP) is 2.28. The van der Waals surface area contributed by atoms with Crippen LogP contribution in [0.2, 0.25) is 0 Å². The van der Waals surface area contributed by atoms with E-state index in [1.807, 2.05) is 0 Å². The molecule has 7 nitrogen and oxygen atoms in total. The van der Waals surface area contributed by atoms with E-state index in [0.717, 1.165) is 0 Å². The van der Waals surface area contributed by atoms with Crippen LogP contribution in [0.5, 0.6) is 11.5 Å². The number of aliphatic hydroxyl groups is 1. The molecule has 2 aromatic rings. The first-order valence-corrected chi connectivity index (χ1v) is 6.54. The molecule has 0 spiro atoms. The van der Waals surface area contributed by atoms with Crippen molar-refractivity contribution in [3.05, 3.63) is 57.9 Å². The first kappa shape index (κ1) is 15.7. The van der Waals surface area contributed by atoms with Crippen LogP contribution in [0.15, 0.2) is 36.7 Å². The molecule has 1 atom stereocenters. The van der Waals surface area contributed by atoms with Gasteiger partial charge in [0.2, 0.25) is 0 Å². The number of nitro groups is 1. The number of aromatic nitrogens is 1. The van der Waals surface area contributed by atoms with Crippen molar-refractivity contribution in [3.8, 4) is 11.5 Å². The highest BCUT2D eigenvalue weighted by molar-refractivity contribution is 5.54. The summed E-state index contributed by atoms with van der Waals surface area (Å²) in [5, 5.41) is 21.5. The van der Waals surface area contributed by atoms with Gasteiger partial charge in [-0.1, -0.05) is 0 Å². The molecule has 0 aliphatic carbocycles. The first-order valence-electron chi connectivity index (χ1n) is 6.54. The molecule has 7 heteroatoms. The molecule has 0 radical (unpaired) electrons. The summed E-state index contributed by atoms with van der Waals surface area (Å²) in [5.41, 5.74) is 0.886. The number of nitro benzene ring substituents is 1. The molecule has 1 heterocycles. The van der Waals surface area contributed by atoms with Crippen LogP contribution >= 0.6 is 0 Å². The number of rotatable bonds is 6. The Labute approximate surface area is 127 Å². The van der Waals surface area contributed by atoms with Crippen LogP contribution in [-0.4, -0.2) is 29.2 Å². The fourth-order valence-corrected chi connectivity index (χ4v) is 2.16. The van der Waals surface area contributed by atoms with E-state index in [2.05, 4.69) is 4.98 Å². The lowest BCUT2D eigenvalue weighted by atomic mass is 10.0. The van der Waals surface area contributed by atoms with E-state index in [1.54, 1.807) is 24.5 Å². The lowest BCUT2D eigenvalue weighted by molar-refractivity contribution is -0.385. The van der Waals surface area contributed by atoms with Crippen molar-refractivity contribution in [1.29, 1.82) is 0 Å². The number of aliphatic hydroxyl groups excluding tert-OH is 1. The smallest absolute Gasteiger partial charge is 0.276 e. The van der Waals surface area contributed by atoms with Gasteiger partial charge in [0, 0.05) is 24.4 Å². The normalized spacial score (nSPS) is 11.8. The highest BCUT2D eigenvalue weighted by Gasteiger charge is 2.22. The maximum Gasteiger partial charge on any atom is 0.276 e. The summed E-state index contributed by atoms with van der Waals surface area (Å²) in [5.74, 6) is 0.654. The summed E-state index contributed by atoms with van der Waals surface area (Å²) in [6.07, 6.45) is 2.32. The minimum Gasteiger partial charge on any atom is -0.493 e. The molecular formula is C15H16N2O5. The molecule has 1 aromatic heterocycles. The van der Waals surface area contributed by atoms with Gasteiger partial charge in [-0.3, -0.25) is 15.1 Å². The van der Waals surface area contributed by atoms with Crippen LogP contribution in [-0.2, 0) is 6.42 Å². The number of hydrogen-bond acceptors (Lipinski definition) is 6. The van der Waals surface area contributed by atoms with Gasteiger partial charge in [0.05, 0.1) is 31.3 Å². The Morgan fingerprint density at radius 3 is 2.36 bits per heavy atom. The Hall–Kier alpha value is -2.67. The van der Waals surface area contributed by atoms with Crippen LogP contribution < -0.4 is 9.47 Å². The topological polar surface area (TPSA) is 94.7 Å². The van der Waals surface area contributed by atoms with Gasteiger partial charge in [-0.15, -0.1) is 0 Å². The van der Waals surface area contributed by atoms with Crippen molar-refractivity contribution in [2.75, 3.05) is 14.2 Å². The molecule has 0 amide bonds. The first-order chi connectivity index (χ1) is 10.6. The van der Waals surface area contributed by atoms with E-state index in [4.69, 9.17) is 9.47 Å². The number of nitrogens with zero attached hydrogens (tertiary/aromatic N) is 2. The van der Waals surface area contributed by atoms with E-state index >= 15 is 0 Å². The second-order valence-electron chi connectivity index (χ2n) is 4.59. The quantitative estimate of drug-likeness (QED) is 0.650. The third-order valence-electron chi connectivity index (χ3n) is 3.29. The molecule has 0 aliphatic rings. The largest absolute Gasteiger partial charge is 0.493 e. The van der Waals surface area contributed by atoms with Crippen molar-refractivity contribution in [3.63, 3.8) is 0 Å². The number of hydrogen-bond donors (Lipinski definition) is 1. The second-order valence-corrected chi connectivity index (χ2v) is 4.59. The molecule has 1 aromatic carbocycles. The maximum atomic E-state index is 11.2. The van der Waals surface area contributed by atoms with E-state index in [1.165, 1.54) is 26.4 Å². The molecule has 0 bridgehead atoms. The summed E-state index contributed by atoms with van der Waals surface area (Å²) in [6.45, 7) is 0. The Morgan fingerprint density at radius 2 is 1.82 bits per heavy atom. The Bertz CT molecular complexity index is 660. The van der Waals surface area contributed by atoms with Gasteiger partial charge in [0.1, 0.15) is 0 Å². The summed E-state index contributed by atoms with van der Waals surface area (Å²) < 4.78 is 10.2. The molecule has 0 aliphatic heterocycles. The Kier molecular flexibility index (Phi) is 4.90. The minimum atomic E-state index is -0.875. The van der Waals surface area contributed by atoms with Crippen LogP contribution in [0.1, 0.15) is 17.2 Å². The molecular weight excluding hydrogens is 288 g/mol. The predicted molar refractivity (Wildman–Crippen MR) is 79.1 cm³/mol. The zero-order chi connectivity index (χ0) is 16.1. The SMILES string of the molecule is COc1cc(C[C@@H](O)c2ccncc2)c([N+](=O)[O-])cc1OC. The Balaban J connectivity index is 2.38. The number of methoxy groups -OCH3 is 2. The standard InChI is InChI=1S/C15H16N2O5/c1-21-14-8-11(12(17(19)20)9-15(14)22-2)7-13(18)10-3-5-16-6-4-10/h3-6,8-9,13,18H,7H2,1-2H3/t13-/m1/s1. The average Bonchev–Trinajstić information content (AvgIpc) is 2.54. The van der Waals surface area contributed by atoms with E-state index in [0.29, 0.717) is 16.9 Å². The van der Waals surface area contributed by atoms with Gasteiger partial charge >= 0.3 is 0 Å². The average molecular weight is 304 g/mol. The zero-order valence-electron chi connectivity index (χ0n) is 12.2. The molecule has 116 valence electrons. The van der Waals surface area contributed by atoms with Crippen LogP contribution in [0.25, 0.3) is 0 Å². The molecule has 22 heavy (non-hydrogen) atoms. The van der Waals surface area contributed by atoms with Crippen molar-refractivity contribution in [2.24, 2.45) is 0 Å². The molecule has 0 unspecified atom stereocenters. The van der Waals surface area contributed by atoms with Gasteiger partial charge in [-0.25, -0.2) is 0 Å². The van der Waals surface area contributed by atoms with Gasteiger partial charge < -0.3 is 14.6 Å².